The Hall–Kier alpha value is -1.64. The molecule has 0 N–H and O–H groups in total. The van der Waals surface area contributed by atoms with Crippen molar-refractivity contribution in [3.05, 3.63) is 23.9 Å². The fourth-order valence-electron chi connectivity index (χ4n) is 2.21. The van der Waals surface area contributed by atoms with Gasteiger partial charge in [-0.25, -0.2) is 0 Å². The van der Waals surface area contributed by atoms with Crippen molar-refractivity contribution in [3.8, 4) is 11.5 Å². The molecule has 0 fully saturated rings. The van der Waals surface area contributed by atoms with E-state index < -0.39 is 0 Å². The minimum atomic E-state index is 0.780. The van der Waals surface area contributed by atoms with E-state index in [1.54, 1.807) is 14.2 Å². The number of aryl methyl sites for hydroxylation is 2. The zero-order valence-electron chi connectivity index (χ0n) is 10.2. The predicted octanol–water partition coefficient (Wildman–Crippen LogP) is 2.99. The lowest BCUT2D eigenvalue weighted by Crippen LogP contribution is -1.99. The monoisotopic (exact) mass is 219 g/mol. The van der Waals surface area contributed by atoms with Crippen LogP contribution in [0.3, 0.4) is 0 Å². The van der Waals surface area contributed by atoms with Crippen LogP contribution in [0.15, 0.2) is 18.2 Å². The first-order valence-corrected chi connectivity index (χ1v) is 5.43. The number of benzene rings is 1. The Morgan fingerprint density at radius 1 is 1.19 bits per heavy atom. The van der Waals surface area contributed by atoms with E-state index in [-0.39, 0.29) is 0 Å². The third kappa shape index (κ3) is 1.43. The Bertz CT molecular complexity index is 514. The molecule has 86 valence electrons. The topological polar surface area (TPSA) is 23.4 Å². The van der Waals surface area contributed by atoms with Crippen molar-refractivity contribution < 1.29 is 9.47 Å². The van der Waals surface area contributed by atoms with Gasteiger partial charge in [0.2, 0.25) is 0 Å². The minimum Gasteiger partial charge on any atom is -0.493 e. The summed E-state index contributed by atoms with van der Waals surface area (Å²) in [5, 5.41) is 1.19. The summed E-state index contributed by atoms with van der Waals surface area (Å²) in [7, 11) is 3.34. The number of hydrogen-bond donors (Lipinski definition) is 0. The van der Waals surface area contributed by atoms with E-state index in [9.17, 15) is 0 Å². The average molecular weight is 219 g/mol. The van der Waals surface area contributed by atoms with Gasteiger partial charge in [-0.3, -0.25) is 0 Å². The van der Waals surface area contributed by atoms with Crippen molar-refractivity contribution in [1.29, 1.82) is 0 Å². The molecule has 0 atom stereocenters. The first-order chi connectivity index (χ1) is 7.72. The van der Waals surface area contributed by atoms with Gasteiger partial charge in [0.1, 0.15) is 0 Å². The van der Waals surface area contributed by atoms with E-state index in [4.69, 9.17) is 9.47 Å². The van der Waals surface area contributed by atoms with Gasteiger partial charge in [0, 0.05) is 17.6 Å². The molecule has 16 heavy (non-hydrogen) atoms. The van der Waals surface area contributed by atoms with Crippen molar-refractivity contribution >= 4 is 10.9 Å². The van der Waals surface area contributed by atoms with Gasteiger partial charge in [0.05, 0.1) is 19.7 Å². The van der Waals surface area contributed by atoms with Crippen LogP contribution in [0.4, 0.5) is 0 Å². The molecule has 0 spiro atoms. The van der Waals surface area contributed by atoms with E-state index in [0.29, 0.717) is 0 Å². The number of aromatic nitrogens is 1. The highest BCUT2D eigenvalue weighted by molar-refractivity contribution is 5.89. The summed E-state index contributed by atoms with van der Waals surface area (Å²) < 4.78 is 13.0. The van der Waals surface area contributed by atoms with E-state index in [2.05, 4.69) is 30.5 Å². The SMILES string of the molecule is CCn1c(C)cc2ccc(OC)c(OC)c21. The molecular formula is C13H17NO2. The predicted molar refractivity (Wildman–Crippen MR) is 65.5 cm³/mol. The van der Waals surface area contributed by atoms with E-state index in [1.165, 1.54) is 11.1 Å². The standard InChI is InChI=1S/C13H17NO2/c1-5-14-9(2)8-10-6-7-11(15-3)13(16-4)12(10)14/h6-8H,5H2,1-4H3. The summed E-state index contributed by atoms with van der Waals surface area (Å²) in [6.07, 6.45) is 0. The highest BCUT2D eigenvalue weighted by atomic mass is 16.5. The van der Waals surface area contributed by atoms with Crippen molar-refractivity contribution in [2.75, 3.05) is 14.2 Å². The fraction of sp³-hybridized carbons (Fsp3) is 0.385. The molecule has 2 rings (SSSR count). The summed E-state index contributed by atoms with van der Waals surface area (Å²) in [6.45, 7) is 5.17. The number of fused-ring (bicyclic) bond motifs is 1. The lowest BCUT2D eigenvalue weighted by atomic mass is 10.2. The Morgan fingerprint density at radius 2 is 1.94 bits per heavy atom. The van der Waals surface area contributed by atoms with Gasteiger partial charge < -0.3 is 14.0 Å². The van der Waals surface area contributed by atoms with Gasteiger partial charge in [-0.15, -0.1) is 0 Å². The number of rotatable bonds is 3. The van der Waals surface area contributed by atoms with Gasteiger partial charge in [-0.1, -0.05) is 0 Å². The maximum Gasteiger partial charge on any atom is 0.185 e. The zero-order chi connectivity index (χ0) is 11.7. The smallest absolute Gasteiger partial charge is 0.185 e. The number of nitrogens with zero attached hydrogens (tertiary/aromatic N) is 1. The Labute approximate surface area is 95.6 Å². The normalized spacial score (nSPS) is 10.8. The van der Waals surface area contributed by atoms with E-state index in [1.807, 2.05) is 6.07 Å². The quantitative estimate of drug-likeness (QED) is 0.792. The lowest BCUT2D eigenvalue weighted by molar-refractivity contribution is 0.357. The number of ether oxygens (including phenoxy) is 2. The summed E-state index contributed by atoms with van der Waals surface area (Å²) >= 11 is 0. The van der Waals surface area contributed by atoms with Crippen molar-refractivity contribution in [2.24, 2.45) is 0 Å². The molecule has 0 radical (unpaired) electrons. The zero-order valence-corrected chi connectivity index (χ0v) is 10.2. The largest absolute Gasteiger partial charge is 0.493 e. The summed E-state index contributed by atoms with van der Waals surface area (Å²) in [5.41, 5.74) is 2.35. The maximum absolute atomic E-state index is 5.46. The molecule has 1 heterocycles. The molecule has 0 aliphatic rings. The number of methoxy groups -OCH3 is 2. The second-order valence-electron chi connectivity index (χ2n) is 3.77. The molecule has 0 bridgehead atoms. The van der Waals surface area contributed by atoms with Crippen LogP contribution in [0.5, 0.6) is 11.5 Å². The lowest BCUT2D eigenvalue weighted by Gasteiger charge is -2.11. The van der Waals surface area contributed by atoms with Crippen LogP contribution in [0.25, 0.3) is 10.9 Å². The summed E-state index contributed by atoms with van der Waals surface area (Å²) in [5.74, 6) is 1.60. The molecule has 0 saturated heterocycles. The van der Waals surface area contributed by atoms with Crippen molar-refractivity contribution in [2.45, 2.75) is 20.4 Å². The molecule has 0 saturated carbocycles. The first-order valence-electron chi connectivity index (χ1n) is 5.43. The molecule has 0 amide bonds. The van der Waals surface area contributed by atoms with Crippen LogP contribution >= 0.6 is 0 Å². The fourth-order valence-corrected chi connectivity index (χ4v) is 2.21. The molecular weight excluding hydrogens is 202 g/mol. The molecule has 0 aliphatic heterocycles. The maximum atomic E-state index is 5.46. The van der Waals surface area contributed by atoms with Gasteiger partial charge in [-0.2, -0.15) is 0 Å². The summed E-state index contributed by atoms with van der Waals surface area (Å²) in [4.78, 5) is 0. The molecule has 1 aromatic carbocycles. The Balaban J connectivity index is 2.83. The third-order valence-corrected chi connectivity index (χ3v) is 2.93. The second-order valence-corrected chi connectivity index (χ2v) is 3.77. The molecule has 3 nitrogen and oxygen atoms in total. The van der Waals surface area contributed by atoms with E-state index in [0.717, 1.165) is 23.6 Å². The first kappa shape index (κ1) is 10.9. The van der Waals surface area contributed by atoms with Crippen LogP contribution in [-0.4, -0.2) is 18.8 Å². The van der Waals surface area contributed by atoms with Crippen LogP contribution in [0.1, 0.15) is 12.6 Å². The van der Waals surface area contributed by atoms with Gasteiger partial charge >= 0.3 is 0 Å². The van der Waals surface area contributed by atoms with Crippen molar-refractivity contribution in [1.82, 2.24) is 4.57 Å². The van der Waals surface area contributed by atoms with E-state index >= 15 is 0 Å². The second kappa shape index (κ2) is 4.08. The third-order valence-electron chi connectivity index (χ3n) is 2.93. The molecule has 3 heteroatoms. The van der Waals surface area contributed by atoms with Gasteiger partial charge in [0.25, 0.3) is 0 Å². The van der Waals surface area contributed by atoms with Crippen LogP contribution in [-0.2, 0) is 6.54 Å². The highest BCUT2D eigenvalue weighted by Crippen LogP contribution is 2.36. The molecule has 0 aliphatic carbocycles. The average Bonchev–Trinajstić information content (AvgIpc) is 2.62. The number of hydrogen-bond acceptors (Lipinski definition) is 2. The Morgan fingerprint density at radius 3 is 2.50 bits per heavy atom. The summed E-state index contributed by atoms with van der Waals surface area (Å²) in [6, 6.07) is 6.18. The van der Waals surface area contributed by atoms with Crippen LogP contribution < -0.4 is 9.47 Å². The Kier molecular flexibility index (Phi) is 2.77. The van der Waals surface area contributed by atoms with Gasteiger partial charge in [0.15, 0.2) is 11.5 Å². The van der Waals surface area contributed by atoms with Crippen molar-refractivity contribution in [3.63, 3.8) is 0 Å². The molecule has 2 aromatic rings. The van der Waals surface area contributed by atoms with Crippen LogP contribution in [0, 0.1) is 6.92 Å². The molecule has 1 aromatic heterocycles. The molecule has 0 unspecified atom stereocenters. The minimum absolute atomic E-state index is 0.780. The highest BCUT2D eigenvalue weighted by Gasteiger charge is 2.14. The van der Waals surface area contributed by atoms with Crippen LogP contribution in [0.2, 0.25) is 0 Å². The van der Waals surface area contributed by atoms with Gasteiger partial charge in [-0.05, 0) is 32.0 Å².